The van der Waals surface area contributed by atoms with Gasteiger partial charge in [-0.25, -0.2) is 8.78 Å². The Morgan fingerprint density at radius 2 is 2.05 bits per heavy atom. The Hall–Kier alpha value is -1.99. The first-order valence-electron chi connectivity index (χ1n) is 6.62. The van der Waals surface area contributed by atoms with Gasteiger partial charge in [0, 0.05) is 13.1 Å². The summed E-state index contributed by atoms with van der Waals surface area (Å²) in [4.78, 5) is 23.9. The number of hydrogen-bond donors (Lipinski definition) is 1. The predicted molar refractivity (Wildman–Crippen MR) is 71.2 cm³/mol. The van der Waals surface area contributed by atoms with Crippen molar-refractivity contribution in [2.45, 2.75) is 33.7 Å². The minimum Gasteiger partial charge on any atom is -0.480 e. The maximum Gasteiger partial charge on any atom is 0.323 e. The normalized spacial score (nSPS) is 11.2. The molecule has 1 heterocycles. The molecule has 1 amide bonds. The van der Waals surface area contributed by atoms with Gasteiger partial charge in [0.2, 0.25) is 0 Å². The molecule has 0 saturated carbocycles. The number of halogens is 2. The van der Waals surface area contributed by atoms with Gasteiger partial charge in [-0.15, -0.1) is 0 Å². The number of amides is 1. The van der Waals surface area contributed by atoms with Crippen LogP contribution in [0.25, 0.3) is 0 Å². The molecule has 118 valence electrons. The highest BCUT2D eigenvalue weighted by Crippen LogP contribution is 2.24. The summed E-state index contributed by atoms with van der Waals surface area (Å²) in [6, 6.07) is 0. The second-order valence-corrected chi connectivity index (χ2v) is 5.03. The Kier molecular flexibility index (Phi) is 5.80. The van der Waals surface area contributed by atoms with Gasteiger partial charge in [-0.1, -0.05) is 13.8 Å². The van der Waals surface area contributed by atoms with E-state index >= 15 is 0 Å². The highest BCUT2D eigenvalue weighted by atomic mass is 19.3. The minimum atomic E-state index is -2.85. The number of rotatable bonds is 7. The molecule has 1 aromatic heterocycles. The van der Waals surface area contributed by atoms with E-state index in [-0.39, 0.29) is 24.6 Å². The van der Waals surface area contributed by atoms with Crippen molar-refractivity contribution in [3.8, 4) is 0 Å². The Morgan fingerprint density at radius 3 is 2.48 bits per heavy atom. The summed E-state index contributed by atoms with van der Waals surface area (Å²) in [5, 5.41) is 12.6. The zero-order chi connectivity index (χ0) is 16.2. The largest absolute Gasteiger partial charge is 0.480 e. The summed E-state index contributed by atoms with van der Waals surface area (Å²) < 4.78 is 27.5. The molecule has 1 N–H and O–H groups in total. The average molecular weight is 303 g/mol. The molecule has 0 aromatic carbocycles. The third-order valence-corrected chi connectivity index (χ3v) is 2.85. The van der Waals surface area contributed by atoms with Crippen molar-refractivity contribution in [2.24, 2.45) is 5.92 Å². The van der Waals surface area contributed by atoms with Crippen molar-refractivity contribution in [3.63, 3.8) is 0 Å². The fourth-order valence-corrected chi connectivity index (χ4v) is 1.94. The number of carbonyl (C=O) groups excluding carboxylic acids is 1. The van der Waals surface area contributed by atoms with Crippen molar-refractivity contribution in [1.82, 2.24) is 14.7 Å². The second-order valence-electron chi connectivity index (χ2n) is 5.03. The summed E-state index contributed by atoms with van der Waals surface area (Å²) >= 11 is 0. The van der Waals surface area contributed by atoms with Crippen molar-refractivity contribution in [3.05, 3.63) is 17.5 Å². The van der Waals surface area contributed by atoms with E-state index in [1.165, 1.54) is 0 Å². The van der Waals surface area contributed by atoms with Crippen LogP contribution in [0.4, 0.5) is 8.78 Å². The number of carboxylic acids is 1. The fraction of sp³-hybridized carbons (Fsp3) is 0.615. The van der Waals surface area contributed by atoms with Crippen LogP contribution >= 0.6 is 0 Å². The third-order valence-electron chi connectivity index (χ3n) is 2.85. The molecule has 0 radical (unpaired) electrons. The molecule has 0 fully saturated rings. The molecule has 0 aliphatic rings. The SMILES string of the molecule is CCN(CC(=O)O)C(=O)c1cnn(CC(C)C)c1C(F)F. The van der Waals surface area contributed by atoms with E-state index in [4.69, 9.17) is 5.11 Å². The zero-order valence-corrected chi connectivity index (χ0v) is 12.2. The Bertz CT molecular complexity index is 515. The van der Waals surface area contributed by atoms with Crippen molar-refractivity contribution in [2.75, 3.05) is 13.1 Å². The highest BCUT2D eigenvalue weighted by Gasteiger charge is 2.28. The van der Waals surface area contributed by atoms with E-state index in [0.29, 0.717) is 0 Å². The number of carboxylic acid groups (broad SMARTS) is 1. The lowest BCUT2D eigenvalue weighted by molar-refractivity contribution is -0.137. The Labute approximate surface area is 121 Å². The van der Waals surface area contributed by atoms with Crippen LogP contribution in [-0.4, -0.2) is 44.8 Å². The lowest BCUT2D eigenvalue weighted by Crippen LogP contribution is -2.35. The lowest BCUT2D eigenvalue weighted by atomic mass is 10.2. The Morgan fingerprint density at radius 1 is 1.43 bits per heavy atom. The molecule has 8 heteroatoms. The molecule has 0 spiro atoms. The molecule has 0 aliphatic heterocycles. The first-order chi connectivity index (χ1) is 9.77. The second kappa shape index (κ2) is 7.14. The summed E-state index contributed by atoms with van der Waals surface area (Å²) in [6.07, 6.45) is -1.77. The van der Waals surface area contributed by atoms with Crippen LogP contribution in [-0.2, 0) is 11.3 Å². The van der Waals surface area contributed by atoms with E-state index < -0.39 is 30.5 Å². The topological polar surface area (TPSA) is 75.4 Å². The van der Waals surface area contributed by atoms with Crippen LogP contribution in [0.15, 0.2) is 6.20 Å². The van der Waals surface area contributed by atoms with Crippen LogP contribution in [0.5, 0.6) is 0 Å². The number of alkyl halides is 2. The fourth-order valence-electron chi connectivity index (χ4n) is 1.94. The van der Waals surface area contributed by atoms with Gasteiger partial charge in [0.15, 0.2) is 0 Å². The van der Waals surface area contributed by atoms with Crippen molar-refractivity contribution < 1.29 is 23.5 Å². The molecular formula is C13H19F2N3O3. The number of carbonyl (C=O) groups is 2. The molecule has 0 saturated heterocycles. The van der Waals surface area contributed by atoms with Crippen LogP contribution in [0.2, 0.25) is 0 Å². The first kappa shape index (κ1) is 17.1. The van der Waals surface area contributed by atoms with Gasteiger partial charge in [-0.05, 0) is 12.8 Å². The standard InChI is InChI=1S/C13H19F2N3O3/c1-4-17(7-10(19)20)13(21)9-5-16-18(6-8(2)3)11(9)12(14)15/h5,8,12H,4,6-7H2,1-3H3,(H,19,20). The number of hydrogen-bond acceptors (Lipinski definition) is 3. The molecule has 0 bridgehead atoms. The van der Waals surface area contributed by atoms with E-state index in [2.05, 4.69) is 5.10 Å². The number of nitrogens with zero attached hydrogens (tertiary/aromatic N) is 3. The summed E-state index contributed by atoms with van der Waals surface area (Å²) in [7, 11) is 0. The maximum absolute atomic E-state index is 13.2. The van der Waals surface area contributed by atoms with E-state index in [9.17, 15) is 18.4 Å². The van der Waals surface area contributed by atoms with Gasteiger partial charge < -0.3 is 10.0 Å². The maximum atomic E-state index is 13.2. The highest BCUT2D eigenvalue weighted by molar-refractivity contribution is 5.96. The third kappa shape index (κ3) is 4.24. The van der Waals surface area contributed by atoms with Gasteiger partial charge in [0.1, 0.15) is 12.2 Å². The molecular weight excluding hydrogens is 284 g/mol. The van der Waals surface area contributed by atoms with Gasteiger partial charge >= 0.3 is 5.97 Å². The van der Waals surface area contributed by atoms with Crippen LogP contribution in [0.3, 0.4) is 0 Å². The van der Waals surface area contributed by atoms with Gasteiger partial charge in [-0.3, -0.25) is 14.3 Å². The van der Waals surface area contributed by atoms with Crippen LogP contribution in [0, 0.1) is 5.92 Å². The van der Waals surface area contributed by atoms with Crippen molar-refractivity contribution in [1.29, 1.82) is 0 Å². The molecule has 0 aliphatic carbocycles. The predicted octanol–water partition coefficient (Wildman–Crippen LogP) is 2.02. The minimum absolute atomic E-state index is 0.0895. The average Bonchev–Trinajstić information content (AvgIpc) is 2.77. The molecule has 6 nitrogen and oxygen atoms in total. The van der Waals surface area contributed by atoms with Crippen LogP contribution < -0.4 is 0 Å². The van der Waals surface area contributed by atoms with Crippen molar-refractivity contribution >= 4 is 11.9 Å². The Balaban J connectivity index is 3.14. The summed E-state index contributed by atoms with van der Waals surface area (Å²) in [5.74, 6) is -1.85. The number of likely N-dealkylation sites (N-methyl/N-ethyl adjacent to an activating group) is 1. The molecule has 1 aromatic rings. The first-order valence-corrected chi connectivity index (χ1v) is 6.62. The van der Waals surface area contributed by atoms with E-state index in [1.54, 1.807) is 6.92 Å². The monoisotopic (exact) mass is 303 g/mol. The van der Waals surface area contributed by atoms with E-state index in [0.717, 1.165) is 15.8 Å². The smallest absolute Gasteiger partial charge is 0.323 e. The lowest BCUT2D eigenvalue weighted by Gasteiger charge is -2.19. The van der Waals surface area contributed by atoms with E-state index in [1.807, 2.05) is 13.8 Å². The molecule has 1 rings (SSSR count). The van der Waals surface area contributed by atoms with Gasteiger partial charge in [0.25, 0.3) is 12.3 Å². The molecule has 0 unspecified atom stereocenters. The zero-order valence-electron chi connectivity index (χ0n) is 12.2. The quantitative estimate of drug-likeness (QED) is 0.836. The summed E-state index contributed by atoms with van der Waals surface area (Å²) in [5.41, 5.74) is -0.703. The van der Waals surface area contributed by atoms with Gasteiger partial charge in [0.05, 0.1) is 11.8 Å². The number of aromatic nitrogens is 2. The molecule has 21 heavy (non-hydrogen) atoms. The molecule has 0 atom stereocenters. The summed E-state index contributed by atoms with van der Waals surface area (Å²) in [6.45, 7) is 5.12. The number of aliphatic carboxylic acids is 1. The van der Waals surface area contributed by atoms with Crippen LogP contribution in [0.1, 0.15) is 43.2 Å². The van der Waals surface area contributed by atoms with Gasteiger partial charge in [-0.2, -0.15) is 5.10 Å².